The van der Waals surface area contributed by atoms with Gasteiger partial charge < -0.3 is 30.9 Å². The quantitative estimate of drug-likeness (QED) is 0.140. The van der Waals surface area contributed by atoms with E-state index in [-0.39, 0.29) is 35.7 Å². The summed E-state index contributed by atoms with van der Waals surface area (Å²) in [6.07, 6.45) is -1.29. The van der Waals surface area contributed by atoms with Gasteiger partial charge in [0.05, 0.1) is 28.7 Å². The third kappa shape index (κ3) is 6.51. The molecule has 0 aliphatic carbocycles. The predicted octanol–water partition coefficient (Wildman–Crippen LogP) is 5.38. The number of urea groups is 1. The number of nitrogens with zero attached hydrogens (tertiary/aromatic N) is 5. The maximum Gasteiger partial charge on any atom is 0.432 e. The molecule has 0 fully saturated rings. The molecule has 0 spiro atoms. The summed E-state index contributed by atoms with van der Waals surface area (Å²) >= 11 is 0. The zero-order chi connectivity index (χ0) is 33.2. The van der Waals surface area contributed by atoms with Crippen molar-refractivity contribution in [1.82, 2.24) is 24.9 Å². The van der Waals surface area contributed by atoms with Gasteiger partial charge in [0.2, 0.25) is 0 Å². The molecule has 14 heteroatoms. The van der Waals surface area contributed by atoms with Gasteiger partial charge in [0.1, 0.15) is 0 Å². The molecule has 4 N–H and O–H groups in total. The van der Waals surface area contributed by atoms with Crippen LogP contribution in [-0.4, -0.2) is 68.3 Å². The highest BCUT2D eigenvalue weighted by atomic mass is 16.6. The van der Waals surface area contributed by atoms with Crippen molar-refractivity contribution >= 4 is 40.9 Å². The molecule has 0 bridgehead atoms. The van der Waals surface area contributed by atoms with E-state index in [2.05, 4.69) is 21.0 Å². The molecule has 2 heterocycles. The van der Waals surface area contributed by atoms with E-state index in [0.29, 0.717) is 29.2 Å². The summed E-state index contributed by atoms with van der Waals surface area (Å²) in [6, 6.07) is 20.9. The van der Waals surface area contributed by atoms with Crippen molar-refractivity contribution in [3.63, 3.8) is 0 Å². The number of rotatable bonds is 9. The van der Waals surface area contributed by atoms with Crippen LogP contribution in [0.2, 0.25) is 0 Å². The Morgan fingerprint density at radius 1 is 1.02 bits per heavy atom. The molecule has 1 unspecified atom stereocenters. The predicted molar refractivity (Wildman–Crippen MR) is 171 cm³/mol. The van der Waals surface area contributed by atoms with Gasteiger partial charge in [0, 0.05) is 41.2 Å². The molecule has 238 valence electrons. The normalized spacial score (nSPS) is 14.0. The minimum atomic E-state index is -1.29. The van der Waals surface area contributed by atoms with Gasteiger partial charge in [-0.3, -0.25) is 14.9 Å². The summed E-state index contributed by atoms with van der Waals surface area (Å²) in [5.74, 6) is -0.206. The second-order valence-corrected chi connectivity index (χ2v) is 11.7. The zero-order valence-electron chi connectivity index (χ0n) is 25.7. The summed E-state index contributed by atoms with van der Waals surface area (Å²) in [5.41, 5.74) is 1.88. The molecule has 4 aromatic rings. The molecule has 1 aliphatic rings. The maximum absolute atomic E-state index is 13.8. The lowest BCUT2D eigenvalue weighted by Gasteiger charge is -2.34. The lowest BCUT2D eigenvalue weighted by molar-refractivity contribution is -0.384. The van der Waals surface area contributed by atoms with Crippen molar-refractivity contribution in [2.75, 3.05) is 31.3 Å². The molecule has 14 nitrogen and oxygen atoms in total. The Morgan fingerprint density at radius 3 is 2.33 bits per heavy atom. The molecule has 1 aliphatic heterocycles. The number of fused-ring (bicyclic) bond motifs is 1. The van der Waals surface area contributed by atoms with Gasteiger partial charge in [-0.15, -0.1) is 5.10 Å². The van der Waals surface area contributed by atoms with Gasteiger partial charge in [0.15, 0.2) is 5.82 Å². The molecule has 3 amide bonds. The average Bonchev–Trinajstić information content (AvgIpc) is 3.52. The van der Waals surface area contributed by atoms with Crippen molar-refractivity contribution in [2.45, 2.75) is 32.0 Å². The number of non-ortho nitro benzene ring substituents is 1. The maximum atomic E-state index is 13.8. The van der Waals surface area contributed by atoms with Crippen LogP contribution in [0, 0.1) is 10.1 Å². The Hall–Kier alpha value is -5.76. The van der Waals surface area contributed by atoms with Crippen molar-refractivity contribution < 1.29 is 24.4 Å². The SMILES string of the molecule is CN(C)CC(NC(=O)N1Cc2c(Nc3cccc(NC(=O)c4ccc([N+](=O)[O-])cc4)c3)nn(C(=O)O)c2C1(C)C)c1ccccc1. The van der Waals surface area contributed by atoms with Crippen LogP contribution in [0.25, 0.3) is 0 Å². The Bertz CT molecular complexity index is 1790. The van der Waals surface area contributed by atoms with Crippen LogP contribution in [-0.2, 0) is 12.1 Å². The second-order valence-electron chi connectivity index (χ2n) is 11.7. The number of carboxylic acid groups (broad SMARTS) is 1. The van der Waals surface area contributed by atoms with Crippen LogP contribution >= 0.6 is 0 Å². The summed E-state index contributed by atoms with van der Waals surface area (Å²) in [5, 5.41) is 34.3. The van der Waals surface area contributed by atoms with E-state index in [1.165, 1.54) is 24.3 Å². The molecule has 5 rings (SSSR count). The van der Waals surface area contributed by atoms with Crippen LogP contribution in [0.4, 0.5) is 32.5 Å². The monoisotopic (exact) mass is 626 g/mol. The Labute approximate surface area is 264 Å². The van der Waals surface area contributed by atoms with Crippen molar-refractivity contribution in [3.05, 3.63) is 111 Å². The Kier molecular flexibility index (Phi) is 8.73. The lowest BCUT2D eigenvalue weighted by Crippen LogP contribution is -2.49. The third-order valence-electron chi connectivity index (χ3n) is 7.75. The van der Waals surface area contributed by atoms with Gasteiger partial charge in [-0.05, 0) is 63.8 Å². The van der Waals surface area contributed by atoms with E-state index in [4.69, 9.17) is 0 Å². The number of carbonyl (C=O) groups is 3. The first-order valence-electron chi connectivity index (χ1n) is 14.4. The second kappa shape index (κ2) is 12.7. The molecular formula is C32H34N8O6. The van der Waals surface area contributed by atoms with Gasteiger partial charge in [0.25, 0.3) is 11.6 Å². The number of hydrogen-bond acceptors (Lipinski definition) is 8. The number of carbonyl (C=O) groups excluding carboxylic acids is 2. The average molecular weight is 627 g/mol. The van der Waals surface area contributed by atoms with E-state index < -0.39 is 22.5 Å². The Balaban J connectivity index is 1.37. The van der Waals surface area contributed by atoms with Crippen molar-refractivity contribution in [2.24, 2.45) is 0 Å². The van der Waals surface area contributed by atoms with Crippen LogP contribution in [0.3, 0.4) is 0 Å². The number of anilines is 3. The smallest absolute Gasteiger partial charge is 0.432 e. The molecule has 46 heavy (non-hydrogen) atoms. The van der Waals surface area contributed by atoms with Crippen LogP contribution in [0.15, 0.2) is 78.9 Å². The third-order valence-corrected chi connectivity index (χ3v) is 7.75. The fourth-order valence-electron chi connectivity index (χ4n) is 5.54. The fraction of sp³-hybridized carbons (Fsp3) is 0.250. The highest BCUT2D eigenvalue weighted by molar-refractivity contribution is 6.04. The number of likely N-dealkylation sites (N-methyl/N-ethyl adjacent to an activating group) is 1. The minimum Gasteiger partial charge on any atom is -0.463 e. The molecule has 1 atom stereocenters. The summed E-state index contributed by atoms with van der Waals surface area (Å²) in [7, 11) is 3.85. The number of aromatic nitrogens is 2. The first-order chi connectivity index (χ1) is 21.8. The first kappa shape index (κ1) is 31.7. The van der Waals surface area contributed by atoms with E-state index in [1.54, 1.807) is 43.0 Å². The lowest BCUT2D eigenvalue weighted by atomic mass is 10.0. The van der Waals surface area contributed by atoms with Crippen molar-refractivity contribution in [1.29, 1.82) is 0 Å². The van der Waals surface area contributed by atoms with Crippen LogP contribution in [0.5, 0.6) is 0 Å². The summed E-state index contributed by atoms with van der Waals surface area (Å²) < 4.78 is 0.889. The van der Waals surface area contributed by atoms with Crippen LogP contribution in [0.1, 0.15) is 47.1 Å². The van der Waals surface area contributed by atoms with E-state index in [1.807, 2.05) is 49.3 Å². The number of nitrogens with one attached hydrogen (secondary N) is 3. The number of hydrogen-bond donors (Lipinski definition) is 4. The molecule has 1 aromatic heterocycles. The van der Waals surface area contributed by atoms with Gasteiger partial charge in [-0.25, -0.2) is 9.59 Å². The van der Waals surface area contributed by atoms with Crippen molar-refractivity contribution in [3.8, 4) is 0 Å². The van der Waals surface area contributed by atoms with Gasteiger partial charge in [-0.1, -0.05) is 36.4 Å². The number of benzene rings is 3. The first-order valence-corrected chi connectivity index (χ1v) is 14.4. The van der Waals surface area contributed by atoms with Gasteiger partial charge >= 0.3 is 12.1 Å². The molecule has 0 saturated heterocycles. The molecule has 3 aromatic carbocycles. The largest absolute Gasteiger partial charge is 0.463 e. The molecular weight excluding hydrogens is 592 g/mol. The number of nitro benzene ring substituents is 1. The van der Waals surface area contributed by atoms with E-state index >= 15 is 0 Å². The summed E-state index contributed by atoms with van der Waals surface area (Å²) in [4.78, 5) is 52.8. The van der Waals surface area contributed by atoms with Gasteiger partial charge in [-0.2, -0.15) is 4.68 Å². The highest BCUT2D eigenvalue weighted by Gasteiger charge is 2.47. The van der Waals surface area contributed by atoms with E-state index in [9.17, 15) is 29.6 Å². The zero-order valence-corrected chi connectivity index (χ0v) is 25.7. The fourth-order valence-corrected chi connectivity index (χ4v) is 5.54. The van der Waals surface area contributed by atoms with Crippen LogP contribution < -0.4 is 16.0 Å². The Morgan fingerprint density at radius 2 is 1.70 bits per heavy atom. The molecule has 0 saturated carbocycles. The number of amides is 3. The molecule has 0 radical (unpaired) electrons. The highest BCUT2D eigenvalue weighted by Crippen LogP contribution is 2.43. The standard InChI is InChI=1S/C32H34N8O6/c1-32(2)27-25(18-38(32)30(42)35-26(19-37(3)4)20-9-6-5-7-10-20)28(36-39(27)31(43)44)33-22-11-8-12-23(17-22)34-29(41)21-13-15-24(16-14-21)40(45)46/h5-17,26H,18-19H2,1-4H3,(H,33,36)(H,34,41)(H,35,42)(H,43,44). The number of nitro groups is 1. The summed E-state index contributed by atoms with van der Waals surface area (Å²) in [6.45, 7) is 4.22. The minimum absolute atomic E-state index is 0.101. The van der Waals surface area contributed by atoms with E-state index in [0.717, 1.165) is 10.2 Å². The topological polar surface area (TPSA) is 175 Å².